The number of rotatable bonds is 8. The Morgan fingerprint density at radius 1 is 1.50 bits per heavy atom. The number of benzene rings is 1. The summed E-state index contributed by atoms with van der Waals surface area (Å²) in [4.78, 5) is 14.5. The molecule has 140 valence electrons. The van der Waals surface area contributed by atoms with Gasteiger partial charge in [0.25, 0.3) is 5.91 Å². The van der Waals surface area contributed by atoms with Crippen LogP contribution in [0.5, 0.6) is 0 Å². The average molecular weight is 356 g/mol. The molecule has 1 amide bonds. The van der Waals surface area contributed by atoms with Gasteiger partial charge in [0.1, 0.15) is 11.5 Å². The van der Waals surface area contributed by atoms with Crippen LogP contribution in [-0.2, 0) is 9.53 Å². The Morgan fingerprint density at radius 3 is 2.92 bits per heavy atom. The van der Waals surface area contributed by atoms with Crippen LogP contribution in [0.25, 0.3) is 5.76 Å². The van der Waals surface area contributed by atoms with Crippen LogP contribution in [-0.4, -0.2) is 49.3 Å². The monoisotopic (exact) mass is 356 g/mol. The minimum absolute atomic E-state index is 0.133. The SMILES string of the molecule is CC=CCN(C)[C@@H](C)CNC(=O)C(=N)c1cc(C2=CCCO2)ccc1N. The summed E-state index contributed by atoms with van der Waals surface area (Å²) in [6, 6.07) is 5.46. The fourth-order valence-electron chi connectivity index (χ4n) is 2.60. The number of amides is 1. The number of nitrogens with two attached hydrogens (primary N) is 1. The van der Waals surface area contributed by atoms with Crippen molar-refractivity contribution in [1.29, 1.82) is 5.41 Å². The Kier molecular flexibility index (Phi) is 6.97. The van der Waals surface area contributed by atoms with Gasteiger partial charge >= 0.3 is 0 Å². The molecule has 0 bridgehead atoms. The Hall–Kier alpha value is -2.60. The molecule has 1 aliphatic heterocycles. The number of anilines is 1. The van der Waals surface area contributed by atoms with Crippen LogP contribution in [0, 0.1) is 5.41 Å². The maximum atomic E-state index is 12.4. The quantitative estimate of drug-likeness (QED) is 0.379. The van der Waals surface area contributed by atoms with Crippen molar-refractivity contribution in [3.8, 4) is 0 Å². The Morgan fingerprint density at radius 2 is 2.27 bits per heavy atom. The summed E-state index contributed by atoms with van der Waals surface area (Å²) in [5, 5.41) is 11.1. The molecule has 6 nitrogen and oxygen atoms in total. The van der Waals surface area contributed by atoms with Crippen molar-refractivity contribution in [2.24, 2.45) is 0 Å². The van der Waals surface area contributed by atoms with Gasteiger partial charge in [0.2, 0.25) is 0 Å². The van der Waals surface area contributed by atoms with E-state index in [1.54, 1.807) is 12.1 Å². The number of nitrogens with zero attached hydrogens (tertiary/aromatic N) is 1. The fourth-order valence-corrected chi connectivity index (χ4v) is 2.60. The summed E-state index contributed by atoms with van der Waals surface area (Å²) in [6.07, 6.45) is 6.93. The van der Waals surface area contributed by atoms with Gasteiger partial charge < -0.3 is 15.8 Å². The number of nitrogens with one attached hydrogen (secondary N) is 2. The number of carbonyl (C=O) groups is 1. The van der Waals surface area contributed by atoms with Crippen molar-refractivity contribution < 1.29 is 9.53 Å². The van der Waals surface area contributed by atoms with Gasteiger partial charge in [-0.15, -0.1) is 0 Å². The largest absolute Gasteiger partial charge is 0.493 e. The normalized spacial score (nSPS) is 15.0. The van der Waals surface area contributed by atoms with Crippen LogP contribution in [0.1, 0.15) is 31.4 Å². The van der Waals surface area contributed by atoms with Crippen molar-refractivity contribution >= 4 is 23.1 Å². The minimum Gasteiger partial charge on any atom is -0.493 e. The summed E-state index contributed by atoms with van der Waals surface area (Å²) in [7, 11) is 2.00. The molecule has 1 aromatic carbocycles. The average Bonchev–Trinajstić information content (AvgIpc) is 3.18. The van der Waals surface area contributed by atoms with Crippen molar-refractivity contribution in [3.63, 3.8) is 0 Å². The zero-order chi connectivity index (χ0) is 19.1. The maximum absolute atomic E-state index is 12.4. The molecule has 4 N–H and O–H groups in total. The highest BCUT2D eigenvalue weighted by molar-refractivity contribution is 6.45. The second-order valence-electron chi connectivity index (χ2n) is 6.45. The smallest absolute Gasteiger partial charge is 0.269 e. The molecule has 6 heteroatoms. The first-order chi connectivity index (χ1) is 12.4. The molecule has 1 aromatic rings. The van der Waals surface area contributed by atoms with Crippen LogP contribution >= 0.6 is 0 Å². The molecule has 0 saturated heterocycles. The van der Waals surface area contributed by atoms with E-state index in [1.165, 1.54) is 0 Å². The zero-order valence-corrected chi connectivity index (χ0v) is 15.7. The number of hydrogen-bond donors (Lipinski definition) is 3. The first-order valence-electron chi connectivity index (χ1n) is 8.85. The van der Waals surface area contributed by atoms with Gasteiger partial charge in [-0.25, -0.2) is 0 Å². The van der Waals surface area contributed by atoms with Crippen molar-refractivity contribution in [1.82, 2.24) is 10.2 Å². The molecule has 1 atom stereocenters. The van der Waals surface area contributed by atoms with E-state index in [4.69, 9.17) is 15.9 Å². The highest BCUT2D eigenvalue weighted by atomic mass is 16.5. The molecule has 0 saturated carbocycles. The number of nitrogen functional groups attached to an aromatic ring is 1. The first-order valence-corrected chi connectivity index (χ1v) is 8.85. The number of ether oxygens (including phenoxy) is 1. The third-order valence-corrected chi connectivity index (χ3v) is 4.48. The van der Waals surface area contributed by atoms with E-state index in [-0.39, 0.29) is 11.8 Å². The molecule has 0 unspecified atom stereocenters. The van der Waals surface area contributed by atoms with E-state index < -0.39 is 5.91 Å². The molecule has 0 fully saturated rings. The molecule has 26 heavy (non-hydrogen) atoms. The van der Waals surface area contributed by atoms with Crippen LogP contribution in [0.15, 0.2) is 36.4 Å². The Balaban J connectivity index is 2.01. The van der Waals surface area contributed by atoms with E-state index in [0.29, 0.717) is 24.4 Å². The summed E-state index contributed by atoms with van der Waals surface area (Å²) < 4.78 is 5.55. The second-order valence-corrected chi connectivity index (χ2v) is 6.45. The lowest BCUT2D eigenvalue weighted by molar-refractivity contribution is -0.115. The van der Waals surface area contributed by atoms with Crippen molar-refractivity contribution in [2.45, 2.75) is 26.3 Å². The van der Waals surface area contributed by atoms with Gasteiger partial charge in [-0.3, -0.25) is 15.1 Å². The third-order valence-electron chi connectivity index (χ3n) is 4.48. The van der Waals surface area contributed by atoms with Crippen molar-refractivity contribution in [2.75, 3.05) is 32.5 Å². The van der Waals surface area contributed by atoms with Gasteiger partial charge in [-0.2, -0.15) is 0 Å². The van der Waals surface area contributed by atoms with Gasteiger partial charge in [-0.05, 0) is 45.2 Å². The summed E-state index contributed by atoms with van der Waals surface area (Å²) >= 11 is 0. The molecule has 1 heterocycles. The van der Waals surface area contributed by atoms with Crippen LogP contribution in [0.3, 0.4) is 0 Å². The topological polar surface area (TPSA) is 91.4 Å². The molecular formula is C20H28N4O2. The highest BCUT2D eigenvalue weighted by Crippen LogP contribution is 2.25. The first kappa shape index (κ1) is 19.7. The molecule has 1 aliphatic rings. The van der Waals surface area contributed by atoms with E-state index >= 15 is 0 Å². The fraction of sp³-hybridized carbons (Fsp3) is 0.400. The van der Waals surface area contributed by atoms with E-state index in [2.05, 4.69) is 16.3 Å². The predicted molar refractivity (Wildman–Crippen MR) is 106 cm³/mol. The number of carbonyl (C=O) groups excluding carboxylic acids is 1. The molecule has 0 aliphatic carbocycles. The lowest BCUT2D eigenvalue weighted by Crippen LogP contribution is -2.42. The standard InChI is InChI=1S/C20H28N4O2/c1-4-5-10-24(3)14(2)13-23-20(25)19(22)16-12-15(8-9-17(16)21)18-7-6-11-26-18/h4-5,7-9,12,14,22H,6,10-11,13,21H2,1-3H3,(H,23,25)/t14-/m0/s1. The number of allylic oxidation sites excluding steroid dienone is 1. The molecule has 0 aromatic heterocycles. The lowest BCUT2D eigenvalue weighted by atomic mass is 10.0. The van der Waals surface area contributed by atoms with E-state index in [9.17, 15) is 4.79 Å². The van der Waals surface area contributed by atoms with Gasteiger partial charge in [-0.1, -0.05) is 12.2 Å². The molecular weight excluding hydrogens is 328 g/mol. The number of hydrogen-bond acceptors (Lipinski definition) is 5. The van der Waals surface area contributed by atoms with Gasteiger partial charge in [0.15, 0.2) is 0 Å². The maximum Gasteiger partial charge on any atom is 0.269 e. The van der Waals surface area contributed by atoms with Crippen molar-refractivity contribution in [3.05, 3.63) is 47.6 Å². The van der Waals surface area contributed by atoms with Crippen LogP contribution < -0.4 is 11.1 Å². The lowest BCUT2D eigenvalue weighted by Gasteiger charge is -2.23. The Bertz CT molecular complexity index is 725. The van der Waals surface area contributed by atoms with E-state index in [1.807, 2.05) is 39.1 Å². The number of likely N-dealkylation sites (N-methyl/N-ethyl adjacent to an activating group) is 1. The highest BCUT2D eigenvalue weighted by Gasteiger charge is 2.18. The van der Waals surface area contributed by atoms with E-state index in [0.717, 1.165) is 24.3 Å². The van der Waals surface area contributed by atoms with Crippen LogP contribution in [0.2, 0.25) is 0 Å². The molecule has 0 radical (unpaired) electrons. The molecule has 0 spiro atoms. The Labute approximate surface area is 155 Å². The van der Waals surface area contributed by atoms with Gasteiger partial charge in [0, 0.05) is 42.4 Å². The van der Waals surface area contributed by atoms with Gasteiger partial charge in [0.05, 0.1) is 6.61 Å². The summed E-state index contributed by atoms with van der Waals surface area (Å²) in [6.45, 7) is 5.95. The molecule has 2 rings (SSSR count). The minimum atomic E-state index is -0.429. The zero-order valence-electron chi connectivity index (χ0n) is 15.7. The predicted octanol–water partition coefficient (Wildman–Crippen LogP) is 2.41. The summed E-state index contributed by atoms with van der Waals surface area (Å²) in [5.41, 5.74) is 7.52. The second kappa shape index (κ2) is 9.20. The third kappa shape index (κ3) is 4.95. The van der Waals surface area contributed by atoms with Crippen LogP contribution in [0.4, 0.5) is 5.69 Å². The summed E-state index contributed by atoms with van der Waals surface area (Å²) in [5.74, 6) is 0.347.